The van der Waals surface area contributed by atoms with Crippen molar-refractivity contribution in [1.29, 1.82) is 0 Å². The summed E-state index contributed by atoms with van der Waals surface area (Å²) in [5.41, 5.74) is 4.44. The first-order valence-corrected chi connectivity index (χ1v) is 7.70. The van der Waals surface area contributed by atoms with E-state index in [1.165, 1.54) is 24.8 Å². The molecule has 1 saturated carbocycles. The van der Waals surface area contributed by atoms with E-state index in [4.69, 9.17) is 0 Å². The topological polar surface area (TPSA) is 23.5 Å². The third-order valence-corrected chi connectivity index (χ3v) is 4.51. The smallest absolute Gasteiger partial charge is 0.104 e. The minimum atomic E-state index is -0.551. The van der Waals surface area contributed by atoms with Crippen LogP contribution in [-0.4, -0.2) is 19.2 Å². The van der Waals surface area contributed by atoms with Gasteiger partial charge in [-0.05, 0) is 47.6 Å². The molecule has 21 heavy (non-hydrogen) atoms. The lowest BCUT2D eigenvalue weighted by Crippen LogP contribution is -2.11. The molecule has 2 nitrogen and oxygen atoms in total. The SMILES string of the molecule is CN(C)c1cccc(C(O)c2cccc(C3CCC3)c2)c1. The summed E-state index contributed by atoms with van der Waals surface area (Å²) >= 11 is 0. The Morgan fingerprint density at radius 1 is 1.00 bits per heavy atom. The normalized spacial score (nSPS) is 16.3. The fourth-order valence-electron chi connectivity index (χ4n) is 2.89. The maximum Gasteiger partial charge on any atom is 0.104 e. The van der Waals surface area contributed by atoms with Gasteiger partial charge in [-0.3, -0.25) is 0 Å². The zero-order valence-electron chi connectivity index (χ0n) is 12.8. The van der Waals surface area contributed by atoms with E-state index in [0.717, 1.165) is 16.8 Å². The molecule has 0 saturated heterocycles. The molecule has 1 unspecified atom stereocenters. The van der Waals surface area contributed by atoms with Crippen molar-refractivity contribution in [2.45, 2.75) is 31.3 Å². The molecule has 0 bridgehead atoms. The predicted octanol–water partition coefficient (Wildman–Crippen LogP) is 4.10. The van der Waals surface area contributed by atoms with Crippen LogP contribution in [0.25, 0.3) is 0 Å². The van der Waals surface area contributed by atoms with Crippen molar-refractivity contribution >= 4 is 5.69 Å². The third kappa shape index (κ3) is 2.96. The highest BCUT2D eigenvalue weighted by Crippen LogP contribution is 2.37. The van der Waals surface area contributed by atoms with E-state index in [9.17, 15) is 5.11 Å². The number of hydrogen-bond donors (Lipinski definition) is 1. The van der Waals surface area contributed by atoms with Crippen molar-refractivity contribution in [3.63, 3.8) is 0 Å². The van der Waals surface area contributed by atoms with E-state index in [0.29, 0.717) is 5.92 Å². The number of aliphatic hydroxyl groups is 1. The van der Waals surface area contributed by atoms with Crippen LogP contribution in [0.3, 0.4) is 0 Å². The first-order valence-electron chi connectivity index (χ1n) is 7.70. The van der Waals surface area contributed by atoms with Crippen LogP contribution in [0, 0.1) is 0 Å². The maximum absolute atomic E-state index is 10.7. The molecule has 2 aromatic rings. The highest BCUT2D eigenvalue weighted by Gasteiger charge is 2.20. The molecule has 1 atom stereocenters. The van der Waals surface area contributed by atoms with Gasteiger partial charge in [0.25, 0.3) is 0 Å². The van der Waals surface area contributed by atoms with Crippen molar-refractivity contribution in [2.24, 2.45) is 0 Å². The van der Waals surface area contributed by atoms with Crippen molar-refractivity contribution in [3.05, 3.63) is 65.2 Å². The number of nitrogens with zero attached hydrogens (tertiary/aromatic N) is 1. The maximum atomic E-state index is 10.7. The van der Waals surface area contributed by atoms with Crippen molar-refractivity contribution < 1.29 is 5.11 Å². The van der Waals surface area contributed by atoms with Gasteiger partial charge in [-0.1, -0.05) is 42.8 Å². The summed E-state index contributed by atoms with van der Waals surface area (Å²) in [5, 5.41) is 10.7. The van der Waals surface area contributed by atoms with E-state index in [1.807, 2.05) is 32.3 Å². The average Bonchev–Trinajstić information content (AvgIpc) is 2.45. The lowest BCUT2D eigenvalue weighted by molar-refractivity contribution is 0.220. The van der Waals surface area contributed by atoms with Gasteiger partial charge in [-0.15, -0.1) is 0 Å². The molecule has 0 radical (unpaired) electrons. The van der Waals surface area contributed by atoms with Gasteiger partial charge in [0.2, 0.25) is 0 Å². The Labute approximate surface area is 127 Å². The fourth-order valence-corrected chi connectivity index (χ4v) is 2.89. The zero-order valence-corrected chi connectivity index (χ0v) is 12.8. The number of anilines is 1. The Balaban J connectivity index is 1.87. The van der Waals surface area contributed by atoms with E-state index < -0.39 is 6.10 Å². The summed E-state index contributed by atoms with van der Waals surface area (Å²) in [6, 6.07) is 16.6. The highest BCUT2D eigenvalue weighted by molar-refractivity contribution is 5.49. The Bertz CT molecular complexity index is 616. The molecule has 1 fully saturated rings. The molecular formula is C19H23NO. The molecule has 0 aliphatic heterocycles. The van der Waals surface area contributed by atoms with Crippen LogP contribution in [0.5, 0.6) is 0 Å². The van der Waals surface area contributed by atoms with Crippen molar-refractivity contribution in [2.75, 3.05) is 19.0 Å². The van der Waals surface area contributed by atoms with Gasteiger partial charge >= 0.3 is 0 Å². The first-order chi connectivity index (χ1) is 10.1. The molecule has 1 N–H and O–H groups in total. The van der Waals surface area contributed by atoms with Crippen LogP contribution in [0.1, 0.15) is 48.0 Å². The summed E-state index contributed by atoms with van der Waals surface area (Å²) in [4.78, 5) is 2.06. The number of benzene rings is 2. The van der Waals surface area contributed by atoms with Gasteiger partial charge in [0, 0.05) is 19.8 Å². The monoisotopic (exact) mass is 281 g/mol. The summed E-state index contributed by atoms with van der Waals surface area (Å²) in [7, 11) is 4.03. The van der Waals surface area contributed by atoms with Crippen LogP contribution in [0.15, 0.2) is 48.5 Å². The van der Waals surface area contributed by atoms with E-state index in [-0.39, 0.29) is 0 Å². The second kappa shape index (κ2) is 5.90. The number of aliphatic hydroxyl groups excluding tert-OH is 1. The molecule has 3 rings (SSSR count). The van der Waals surface area contributed by atoms with Crippen LogP contribution in [0.4, 0.5) is 5.69 Å². The molecule has 0 spiro atoms. The molecule has 0 aromatic heterocycles. The molecular weight excluding hydrogens is 258 g/mol. The molecule has 1 aliphatic carbocycles. The lowest BCUT2D eigenvalue weighted by Gasteiger charge is -2.26. The second-order valence-corrected chi connectivity index (χ2v) is 6.19. The summed E-state index contributed by atoms with van der Waals surface area (Å²) in [5.74, 6) is 0.699. The van der Waals surface area contributed by atoms with Crippen molar-refractivity contribution in [3.8, 4) is 0 Å². The number of rotatable bonds is 4. The molecule has 1 aliphatic rings. The van der Waals surface area contributed by atoms with E-state index >= 15 is 0 Å². The predicted molar refractivity (Wildman–Crippen MR) is 87.9 cm³/mol. The summed E-state index contributed by atoms with van der Waals surface area (Å²) < 4.78 is 0. The molecule has 0 heterocycles. The van der Waals surface area contributed by atoms with E-state index in [1.54, 1.807) is 0 Å². The minimum Gasteiger partial charge on any atom is -0.384 e. The summed E-state index contributed by atoms with van der Waals surface area (Å²) in [6.45, 7) is 0. The van der Waals surface area contributed by atoms with Crippen molar-refractivity contribution in [1.82, 2.24) is 0 Å². The average molecular weight is 281 g/mol. The Morgan fingerprint density at radius 2 is 1.67 bits per heavy atom. The van der Waals surface area contributed by atoms with Gasteiger partial charge in [-0.2, -0.15) is 0 Å². The molecule has 110 valence electrons. The lowest BCUT2D eigenvalue weighted by atomic mass is 9.79. The summed E-state index contributed by atoms with van der Waals surface area (Å²) in [6.07, 6.45) is 3.36. The van der Waals surface area contributed by atoms with Crippen LogP contribution < -0.4 is 4.90 Å². The van der Waals surface area contributed by atoms with Gasteiger partial charge in [-0.25, -0.2) is 0 Å². The van der Waals surface area contributed by atoms with Gasteiger partial charge in [0.15, 0.2) is 0 Å². The third-order valence-electron chi connectivity index (χ3n) is 4.51. The minimum absolute atomic E-state index is 0.551. The van der Waals surface area contributed by atoms with Crippen LogP contribution >= 0.6 is 0 Å². The molecule has 2 aromatic carbocycles. The van der Waals surface area contributed by atoms with Crippen LogP contribution in [-0.2, 0) is 0 Å². The largest absolute Gasteiger partial charge is 0.384 e. The van der Waals surface area contributed by atoms with E-state index in [2.05, 4.69) is 35.2 Å². The fraction of sp³-hybridized carbons (Fsp3) is 0.368. The van der Waals surface area contributed by atoms with Crippen LogP contribution in [0.2, 0.25) is 0 Å². The van der Waals surface area contributed by atoms with Gasteiger partial charge < -0.3 is 10.0 Å². The zero-order chi connectivity index (χ0) is 14.8. The Hall–Kier alpha value is -1.80. The second-order valence-electron chi connectivity index (χ2n) is 6.19. The molecule has 2 heteroatoms. The Morgan fingerprint density at radius 3 is 2.29 bits per heavy atom. The quantitative estimate of drug-likeness (QED) is 0.912. The number of hydrogen-bond acceptors (Lipinski definition) is 2. The van der Waals surface area contributed by atoms with Gasteiger partial charge in [0.05, 0.1) is 0 Å². The molecule has 0 amide bonds. The standard InChI is InChI=1S/C19H23NO/c1-20(2)18-11-5-10-17(13-18)19(21)16-9-4-8-15(12-16)14-6-3-7-14/h4-5,8-14,19,21H,3,6-7H2,1-2H3. The van der Waals surface area contributed by atoms with Gasteiger partial charge in [0.1, 0.15) is 6.10 Å². The Kier molecular flexibility index (Phi) is 3.98. The highest BCUT2D eigenvalue weighted by atomic mass is 16.3. The first kappa shape index (κ1) is 14.2.